The topological polar surface area (TPSA) is 37.2 Å². The molecule has 0 fully saturated rings. The van der Waals surface area contributed by atoms with Gasteiger partial charge in [-0.2, -0.15) is 0 Å². The molecular weight excluding hydrogens is 332 g/mol. The summed E-state index contributed by atoms with van der Waals surface area (Å²) in [7, 11) is 0. The van der Waals surface area contributed by atoms with Crippen molar-refractivity contribution in [1.29, 1.82) is 0 Å². The van der Waals surface area contributed by atoms with Gasteiger partial charge in [-0.3, -0.25) is 0 Å². The predicted molar refractivity (Wildman–Crippen MR) is 113 cm³/mol. The van der Waals surface area contributed by atoms with Crippen LogP contribution in [0, 0.1) is 6.92 Å². The first-order valence-electron chi connectivity index (χ1n) is 9.28. The van der Waals surface area contributed by atoms with Crippen LogP contribution < -0.4 is 5.32 Å². The van der Waals surface area contributed by atoms with Crippen LogP contribution in [0.15, 0.2) is 79.0 Å². The number of hydrogen-bond acceptors (Lipinski definition) is 2. The summed E-state index contributed by atoms with van der Waals surface area (Å²) in [5, 5.41) is 13.7. The summed E-state index contributed by atoms with van der Waals surface area (Å²) in [6.07, 6.45) is 1.68. The molecule has 0 bridgehead atoms. The summed E-state index contributed by atoms with van der Waals surface area (Å²) in [5.41, 5.74) is 7.15. The maximum atomic E-state index is 9.40. The van der Waals surface area contributed by atoms with Crippen molar-refractivity contribution in [2.45, 2.75) is 26.6 Å². The molecule has 27 heavy (non-hydrogen) atoms. The van der Waals surface area contributed by atoms with Gasteiger partial charge >= 0.3 is 0 Å². The van der Waals surface area contributed by atoms with E-state index in [-0.39, 0.29) is 0 Å². The van der Waals surface area contributed by atoms with Gasteiger partial charge in [-0.15, -0.1) is 0 Å². The first kappa shape index (κ1) is 17.4. The van der Waals surface area contributed by atoms with Crippen LogP contribution >= 0.6 is 0 Å². The number of aliphatic hydroxyl groups excluding tert-OH is 1. The van der Waals surface area contributed by atoms with Gasteiger partial charge in [0.15, 0.2) is 0 Å². The van der Waals surface area contributed by atoms with Crippen molar-refractivity contribution in [2.24, 2.45) is 0 Å². The van der Waals surface area contributed by atoms with E-state index in [1.54, 1.807) is 6.92 Å². The third kappa shape index (κ3) is 3.74. The molecule has 3 heteroatoms. The van der Waals surface area contributed by atoms with Gasteiger partial charge < -0.3 is 15.0 Å². The van der Waals surface area contributed by atoms with Crippen molar-refractivity contribution in [2.75, 3.05) is 5.32 Å². The molecule has 0 aliphatic rings. The Morgan fingerprint density at radius 1 is 0.889 bits per heavy atom. The highest BCUT2D eigenvalue weighted by molar-refractivity contribution is 5.83. The molecule has 3 aromatic carbocycles. The number of para-hydroxylation sites is 1. The molecule has 0 aliphatic heterocycles. The van der Waals surface area contributed by atoms with E-state index in [1.807, 2.05) is 12.1 Å². The summed E-state index contributed by atoms with van der Waals surface area (Å²) in [6.45, 7) is 4.74. The van der Waals surface area contributed by atoms with Crippen LogP contribution in [-0.2, 0) is 6.54 Å². The lowest BCUT2D eigenvalue weighted by atomic mass is 10.0. The normalized spacial score (nSPS) is 12.3. The number of nitrogens with one attached hydrogen (secondary N) is 1. The zero-order valence-corrected chi connectivity index (χ0v) is 15.7. The maximum absolute atomic E-state index is 9.40. The number of hydrogen-bond donors (Lipinski definition) is 2. The van der Waals surface area contributed by atoms with E-state index in [0.29, 0.717) is 0 Å². The van der Waals surface area contributed by atoms with Crippen LogP contribution in [0.1, 0.15) is 18.1 Å². The van der Waals surface area contributed by atoms with Gasteiger partial charge in [0.05, 0.1) is 0 Å². The lowest BCUT2D eigenvalue weighted by Gasteiger charge is -2.10. The average molecular weight is 356 g/mol. The third-order valence-corrected chi connectivity index (χ3v) is 4.89. The zero-order chi connectivity index (χ0) is 18.8. The van der Waals surface area contributed by atoms with Gasteiger partial charge in [0, 0.05) is 29.3 Å². The third-order valence-electron chi connectivity index (χ3n) is 4.89. The Bertz CT molecular complexity index is 1040. The Kier molecular flexibility index (Phi) is 4.69. The molecule has 0 aliphatic carbocycles. The molecule has 1 unspecified atom stereocenters. The standard InChI is InChI=1S/C24H24N2O/c1-17-15-26(24-6-4-3-5-23(17)24)16-19-7-9-20(10-8-19)21-11-13-22(14-12-21)25-18(2)27/h3-15,18,25,27H,16H2,1-2H3. The number of aryl methyl sites for hydroxylation is 1. The van der Waals surface area contributed by atoms with E-state index < -0.39 is 6.23 Å². The Balaban J connectivity index is 1.53. The lowest BCUT2D eigenvalue weighted by molar-refractivity contribution is 0.224. The number of rotatable bonds is 5. The summed E-state index contributed by atoms with van der Waals surface area (Å²) >= 11 is 0. The molecule has 2 N–H and O–H groups in total. The summed E-state index contributed by atoms with van der Waals surface area (Å²) in [4.78, 5) is 0. The molecule has 0 saturated carbocycles. The van der Waals surface area contributed by atoms with E-state index in [9.17, 15) is 5.11 Å². The predicted octanol–water partition coefficient (Wildman–Crippen LogP) is 5.42. The molecule has 1 atom stereocenters. The second kappa shape index (κ2) is 7.29. The number of benzene rings is 3. The molecule has 1 aromatic heterocycles. The maximum Gasteiger partial charge on any atom is 0.121 e. The Morgan fingerprint density at radius 3 is 2.19 bits per heavy atom. The Morgan fingerprint density at radius 2 is 1.52 bits per heavy atom. The molecule has 1 heterocycles. The second-order valence-corrected chi connectivity index (χ2v) is 7.05. The summed E-state index contributed by atoms with van der Waals surface area (Å²) < 4.78 is 2.32. The van der Waals surface area contributed by atoms with Crippen LogP contribution in [0.5, 0.6) is 0 Å². The van der Waals surface area contributed by atoms with E-state index in [1.165, 1.54) is 33.2 Å². The molecule has 4 rings (SSSR count). The van der Waals surface area contributed by atoms with Crippen molar-refractivity contribution in [1.82, 2.24) is 4.57 Å². The number of aliphatic hydroxyl groups is 1. The number of fused-ring (bicyclic) bond motifs is 1. The fourth-order valence-corrected chi connectivity index (χ4v) is 3.56. The minimum absolute atomic E-state index is 0.552. The van der Waals surface area contributed by atoms with Crippen molar-refractivity contribution >= 4 is 16.6 Å². The number of anilines is 1. The van der Waals surface area contributed by atoms with Crippen molar-refractivity contribution < 1.29 is 5.11 Å². The van der Waals surface area contributed by atoms with Gasteiger partial charge in [0.25, 0.3) is 0 Å². The van der Waals surface area contributed by atoms with Crippen molar-refractivity contribution in [3.63, 3.8) is 0 Å². The van der Waals surface area contributed by atoms with Crippen LogP contribution in [-0.4, -0.2) is 15.9 Å². The van der Waals surface area contributed by atoms with E-state index >= 15 is 0 Å². The van der Waals surface area contributed by atoms with E-state index in [2.05, 4.69) is 83.7 Å². The highest BCUT2D eigenvalue weighted by atomic mass is 16.3. The summed E-state index contributed by atoms with van der Waals surface area (Å²) in [5.74, 6) is 0. The van der Waals surface area contributed by atoms with Gasteiger partial charge in [0.1, 0.15) is 6.23 Å². The van der Waals surface area contributed by atoms with Crippen LogP contribution in [0.2, 0.25) is 0 Å². The first-order chi connectivity index (χ1) is 13.1. The highest BCUT2D eigenvalue weighted by Crippen LogP contribution is 2.24. The van der Waals surface area contributed by atoms with Gasteiger partial charge in [-0.1, -0.05) is 54.6 Å². The molecule has 0 saturated heterocycles. The molecule has 4 aromatic rings. The first-order valence-corrected chi connectivity index (χ1v) is 9.28. The minimum atomic E-state index is -0.552. The fourth-order valence-electron chi connectivity index (χ4n) is 3.56. The van der Waals surface area contributed by atoms with Gasteiger partial charge in [0.2, 0.25) is 0 Å². The zero-order valence-electron chi connectivity index (χ0n) is 15.7. The summed E-state index contributed by atoms with van der Waals surface area (Å²) in [6, 6.07) is 25.4. The second-order valence-electron chi connectivity index (χ2n) is 7.05. The number of aromatic nitrogens is 1. The molecule has 0 spiro atoms. The Labute approximate surface area is 159 Å². The lowest BCUT2D eigenvalue weighted by Crippen LogP contribution is -2.12. The van der Waals surface area contributed by atoms with Crippen molar-refractivity contribution in [3.8, 4) is 11.1 Å². The van der Waals surface area contributed by atoms with Crippen LogP contribution in [0.25, 0.3) is 22.0 Å². The largest absolute Gasteiger partial charge is 0.374 e. The van der Waals surface area contributed by atoms with Crippen molar-refractivity contribution in [3.05, 3.63) is 90.1 Å². The fraction of sp³-hybridized carbons (Fsp3) is 0.167. The molecule has 0 amide bonds. The smallest absolute Gasteiger partial charge is 0.121 e. The number of nitrogens with zero attached hydrogens (tertiary/aromatic N) is 1. The highest BCUT2D eigenvalue weighted by Gasteiger charge is 2.06. The SMILES string of the molecule is Cc1cn(Cc2ccc(-c3ccc(NC(C)O)cc3)cc2)c2ccccc12. The minimum Gasteiger partial charge on any atom is -0.374 e. The monoisotopic (exact) mass is 356 g/mol. The Hall–Kier alpha value is -3.04. The van der Waals surface area contributed by atoms with E-state index in [4.69, 9.17) is 0 Å². The van der Waals surface area contributed by atoms with Gasteiger partial charge in [-0.25, -0.2) is 0 Å². The molecule has 0 radical (unpaired) electrons. The average Bonchev–Trinajstić information content (AvgIpc) is 2.99. The van der Waals surface area contributed by atoms with E-state index in [0.717, 1.165) is 12.2 Å². The quantitative estimate of drug-likeness (QED) is 0.469. The molecular formula is C24H24N2O. The van der Waals surface area contributed by atoms with Crippen LogP contribution in [0.3, 0.4) is 0 Å². The van der Waals surface area contributed by atoms with Gasteiger partial charge in [-0.05, 0) is 54.3 Å². The van der Waals surface area contributed by atoms with Crippen LogP contribution in [0.4, 0.5) is 5.69 Å². The molecule has 136 valence electrons. The molecule has 3 nitrogen and oxygen atoms in total.